The second-order valence-electron chi connectivity index (χ2n) is 10.1. The highest BCUT2D eigenvalue weighted by molar-refractivity contribution is 7.80. The minimum absolute atomic E-state index is 0.0461. The Hall–Kier alpha value is -2.42. The maximum absolute atomic E-state index is 13.6. The Kier molecular flexibility index (Phi) is 8.09. The number of phenols is 1. The first-order valence-electron chi connectivity index (χ1n) is 10.8. The molecule has 1 aliphatic rings. The molecule has 1 saturated carbocycles. The molecule has 0 radical (unpaired) electrons. The van der Waals surface area contributed by atoms with Gasteiger partial charge in [0.25, 0.3) is 0 Å². The van der Waals surface area contributed by atoms with E-state index < -0.39 is 35.2 Å². The van der Waals surface area contributed by atoms with E-state index in [-0.39, 0.29) is 23.5 Å². The predicted molar refractivity (Wildman–Crippen MR) is 126 cm³/mol. The third-order valence-electron chi connectivity index (χ3n) is 4.60. The van der Waals surface area contributed by atoms with Crippen molar-refractivity contribution in [3.8, 4) is 5.75 Å². The molecule has 1 aliphatic carbocycles. The average Bonchev–Trinajstić information content (AvgIpc) is 3.46. The van der Waals surface area contributed by atoms with Gasteiger partial charge < -0.3 is 25.4 Å². The van der Waals surface area contributed by atoms with Crippen LogP contribution >= 0.6 is 12.6 Å². The summed E-state index contributed by atoms with van der Waals surface area (Å²) in [5.74, 6) is -0.633. The van der Waals surface area contributed by atoms with E-state index >= 15 is 0 Å². The molecular weight excluding hydrogens is 430 g/mol. The van der Waals surface area contributed by atoms with Crippen LogP contribution in [0.15, 0.2) is 24.3 Å². The van der Waals surface area contributed by atoms with Crippen LogP contribution in [-0.4, -0.2) is 56.9 Å². The molecule has 178 valence electrons. The molecule has 0 aliphatic heterocycles. The number of amides is 3. The zero-order valence-corrected chi connectivity index (χ0v) is 20.5. The molecule has 9 heteroatoms. The van der Waals surface area contributed by atoms with Gasteiger partial charge in [0.05, 0.1) is 0 Å². The predicted octanol–water partition coefficient (Wildman–Crippen LogP) is 3.16. The number of rotatable bonds is 7. The van der Waals surface area contributed by atoms with Crippen molar-refractivity contribution in [2.24, 2.45) is 0 Å². The number of aromatic hydroxyl groups is 1. The highest BCUT2D eigenvalue weighted by Crippen LogP contribution is 2.36. The number of phenolic OH excluding ortho intramolecular Hbond substituents is 1. The van der Waals surface area contributed by atoms with Gasteiger partial charge >= 0.3 is 6.09 Å². The lowest BCUT2D eigenvalue weighted by Gasteiger charge is -2.36. The molecule has 1 aromatic rings. The molecule has 8 nitrogen and oxygen atoms in total. The van der Waals surface area contributed by atoms with E-state index in [2.05, 4.69) is 23.3 Å². The zero-order valence-electron chi connectivity index (χ0n) is 19.6. The van der Waals surface area contributed by atoms with Crippen LogP contribution in [0.1, 0.15) is 66.0 Å². The summed E-state index contributed by atoms with van der Waals surface area (Å²) >= 11 is 4.26. The second kappa shape index (κ2) is 10.0. The molecule has 32 heavy (non-hydrogen) atoms. The maximum Gasteiger partial charge on any atom is 0.408 e. The largest absolute Gasteiger partial charge is 0.508 e. The Morgan fingerprint density at radius 1 is 1.12 bits per heavy atom. The Labute approximate surface area is 195 Å². The molecule has 0 bridgehead atoms. The molecule has 2 unspecified atom stereocenters. The van der Waals surface area contributed by atoms with Crippen LogP contribution in [-0.2, 0) is 14.3 Å². The number of hydrogen-bond acceptors (Lipinski definition) is 6. The van der Waals surface area contributed by atoms with Crippen molar-refractivity contribution >= 4 is 30.5 Å². The normalized spacial score (nSPS) is 16.0. The Morgan fingerprint density at radius 3 is 2.12 bits per heavy atom. The topological polar surface area (TPSA) is 108 Å². The van der Waals surface area contributed by atoms with Crippen LogP contribution < -0.4 is 10.6 Å². The summed E-state index contributed by atoms with van der Waals surface area (Å²) in [5.41, 5.74) is -0.659. The van der Waals surface area contributed by atoms with Crippen LogP contribution in [0.25, 0.3) is 0 Å². The van der Waals surface area contributed by atoms with Crippen LogP contribution in [0.5, 0.6) is 5.75 Å². The Balaban J connectivity index is 2.38. The summed E-state index contributed by atoms with van der Waals surface area (Å²) in [5, 5.41) is 15.2. The standard InChI is InChI=1S/C23H35N3O5S/c1-22(2,3)25-19(28)18(14-7-11-16(27)12-8-14)26(15-9-10-15)20(29)17(13-32)24-21(30)31-23(4,5)6/h7-8,11-12,15,17-18,27,32H,9-10,13H2,1-6H3,(H,24,30)(H,25,28). The summed E-state index contributed by atoms with van der Waals surface area (Å²) in [7, 11) is 0. The third-order valence-corrected chi connectivity index (χ3v) is 4.97. The van der Waals surface area contributed by atoms with E-state index in [1.807, 2.05) is 20.8 Å². The molecule has 3 N–H and O–H groups in total. The van der Waals surface area contributed by atoms with Crippen molar-refractivity contribution < 1.29 is 24.2 Å². The first-order valence-corrected chi connectivity index (χ1v) is 11.4. The van der Waals surface area contributed by atoms with Crippen molar-refractivity contribution in [3.05, 3.63) is 29.8 Å². The summed E-state index contributed by atoms with van der Waals surface area (Å²) in [6, 6.07) is 4.21. The lowest BCUT2D eigenvalue weighted by Crippen LogP contribution is -2.55. The van der Waals surface area contributed by atoms with Gasteiger partial charge in [-0.2, -0.15) is 12.6 Å². The number of nitrogens with zero attached hydrogens (tertiary/aromatic N) is 1. The first kappa shape index (κ1) is 25.8. The van der Waals surface area contributed by atoms with Crippen LogP contribution in [0.2, 0.25) is 0 Å². The van der Waals surface area contributed by atoms with Gasteiger partial charge in [-0.05, 0) is 72.1 Å². The first-order chi connectivity index (χ1) is 14.7. The van der Waals surface area contributed by atoms with E-state index in [9.17, 15) is 19.5 Å². The number of hydrogen-bond donors (Lipinski definition) is 4. The van der Waals surface area contributed by atoms with Crippen molar-refractivity contribution in [2.45, 2.75) is 83.6 Å². The fourth-order valence-corrected chi connectivity index (χ4v) is 3.47. The van der Waals surface area contributed by atoms with E-state index in [1.165, 1.54) is 17.0 Å². The molecular formula is C23H35N3O5S. The van der Waals surface area contributed by atoms with Gasteiger partial charge in [0.15, 0.2) is 0 Å². The van der Waals surface area contributed by atoms with Crippen molar-refractivity contribution in [3.63, 3.8) is 0 Å². The van der Waals surface area contributed by atoms with Gasteiger partial charge in [-0.15, -0.1) is 0 Å². The molecule has 2 rings (SSSR count). The molecule has 3 amide bonds. The van der Waals surface area contributed by atoms with Crippen molar-refractivity contribution in [1.29, 1.82) is 0 Å². The van der Waals surface area contributed by atoms with E-state index in [0.29, 0.717) is 5.56 Å². The fraction of sp³-hybridized carbons (Fsp3) is 0.609. The average molecular weight is 466 g/mol. The minimum Gasteiger partial charge on any atom is -0.508 e. The number of ether oxygens (including phenoxy) is 1. The number of benzene rings is 1. The third kappa shape index (κ3) is 7.62. The van der Waals surface area contributed by atoms with Gasteiger partial charge in [-0.1, -0.05) is 12.1 Å². The molecule has 0 saturated heterocycles. The highest BCUT2D eigenvalue weighted by Gasteiger charge is 2.44. The SMILES string of the molecule is CC(C)(C)NC(=O)C(c1ccc(O)cc1)N(C(=O)C(CS)NC(=O)OC(C)(C)C)C1CC1. The highest BCUT2D eigenvalue weighted by atomic mass is 32.1. The number of carbonyl (C=O) groups excluding carboxylic acids is 3. The van der Waals surface area contributed by atoms with E-state index in [0.717, 1.165) is 12.8 Å². The summed E-state index contributed by atoms with van der Waals surface area (Å²) in [6.07, 6.45) is 0.796. The number of nitrogens with one attached hydrogen (secondary N) is 2. The summed E-state index contributed by atoms with van der Waals surface area (Å²) < 4.78 is 5.29. The smallest absolute Gasteiger partial charge is 0.408 e. The molecule has 0 spiro atoms. The lowest BCUT2D eigenvalue weighted by molar-refractivity contribution is -0.143. The second-order valence-corrected chi connectivity index (χ2v) is 10.5. The maximum atomic E-state index is 13.6. The van der Waals surface area contributed by atoms with E-state index in [4.69, 9.17) is 4.74 Å². The molecule has 0 heterocycles. The van der Waals surface area contributed by atoms with Crippen LogP contribution in [0, 0.1) is 0 Å². The van der Waals surface area contributed by atoms with Crippen molar-refractivity contribution in [1.82, 2.24) is 15.5 Å². The van der Waals surface area contributed by atoms with E-state index in [1.54, 1.807) is 32.9 Å². The number of carbonyl (C=O) groups is 3. The number of alkyl carbamates (subject to hydrolysis) is 1. The summed E-state index contributed by atoms with van der Waals surface area (Å²) in [4.78, 5) is 40.8. The fourth-order valence-electron chi connectivity index (χ4n) is 3.22. The lowest BCUT2D eigenvalue weighted by atomic mass is 10.0. The quantitative estimate of drug-likeness (QED) is 0.463. The number of thiol groups is 1. The van der Waals surface area contributed by atoms with Gasteiger partial charge in [0.2, 0.25) is 11.8 Å². The Bertz CT molecular complexity index is 826. The van der Waals surface area contributed by atoms with Gasteiger partial charge in [0.1, 0.15) is 23.4 Å². The van der Waals surface area contributed by atoms with Gasteiger partial charge in [-0.25, -0.2) is 4.79 Å². The van der Waals surface area contributed by atoms with Crippen LogP contribution in [0.4, 0.5) is 4.79 Å². The molecule has 0 aromatic heterocycles. The Morgan fingerprint density at radius 2 is 1.69 bits per heavy atom. The molecule has 2 atom stereocenters. The van der Waals surface area contributed by atoms with Crippen molar-refractivity contribution in [2.75, 3.05) is 5.75 Å². The monoisotopic (exact) mass is 465 g/mol. The van der Waals surface area contributed by atoms with Crippen LogP contribution in [0.3, 0.4) is 0 Å². The summed E-state index contributed by atoms with van der Waals surface area (Å²) in [6.45, 7) is 10.8. The molecule has 1 fully saturated rings. The van der Waals surface area contributed by atoms with Gasteiger partial charge in [0, 0.05) is 17.3 Å². The molecule has 1 aromatic carbocycles. The van der Waals surface area contributed by atoms with Gasteiger partial charge in [-0.3, -0.25) is 9.59 Å². The minimum atomic E-state index is -0.962. The zero-order chi connectivity index (χ0) is 24.3.